The van der Waals surface area contributed by atoms with Crippen molar-refractivity contribution < 1.29 is 17.5 Å². The van der Waals surface area contributed by atoms with Crippen LogP contribution in [0.3, 0.4) is 0 Å². The first kappa shape index (κ1) is 23.7. The Morgan fingerprint density at radius 1 is 1.00 bits per heavy atom. The molecule has 0 aliphatic rings. The van der Waals surface area contributed by atoms with Crippen LogP contribution in [-0.4, -0.2) is 19.6 Å². The number of aromatic nitrogens is 1. The molecule has 0 aliphatic heterocycles. The van der Waals surface area contributed by atoms with Crippen molar-refractivity contribution in [1.82, 2.24) is 4.57 Å². The monoisotopic (exact) mass is 479 g/mol. The fraction of sp³-hybridized carbons (Fsp3) is 0.222. The van der Waals surface area contributed by atoms with E-state index >= 15 is 0 Å². The zero-order chi connectivity index (χ0) is 24.5. The molecule has 0 unspecified atom stereocenters. The second-order valence-corrected chi connectivity index (χ2v) is 10.3. The summed E-state index contributed by atoms with van der Waals surface area (Å²) in [5.41, 5.74) is 1.25. The van der Waals surface area contributed by atoms with Crippen molar-refractivity contribution in [2.45, 2.75) is 43.0 Å². The average molecular weight is 480 g/mol. The van der Waals surface area contributed by atoms with Gasteiger partial charge in [-0.25, -0.2) is 12.8 Å². The van der Waals surface area contributed by atoms with Gasteiger partial charge < -0.3 is 9.30 Å². The number of hydrogen-bond donors (Lipinski definition) is 0. The SMILES string of the molecule is CCOc1ccc2c(c1)c(=O)c(S(=O)(=O)c1ccc(C(C)C)cc1)cn2Cc1ccccc1F. The Labute approximate surface area is 198 Å². The van der Waals surface area contributed by atoms with Crippen LogP contribution in [0.4, 0.5) is 4.39 Å². The standard InChI is InChI=1S/C27H26FNO4S/c1-4-33-21-11-14-25-23(15-21)27(30)26(17-29(25)16-20-7-5-6-8-24(20)28)34(31,32)22-12-9-19(10-13-22)18(2)3/h5-15,17-18H,4,16H2,1-3H3. The summed E-state index contributed by atoms with van der Waals surface area (Å²) in [6.45, 7) is 6.32. The van der Waals surface area contributed by atoms with E-state index in [0.717, 1.165) is 5.56 Å². The molecule has 0 fully saturated rings. The van der Waals surface area contributed by atoms with Gasteiger partial charge in [-0.3, -0.25) is 4.79 Å². The normalized spacial score (nSPS) is 11.8. The van der Waals surface area contributed by atoms with Crippen molar-refractivity contribution >= 4 is 20.7 Å². The van der Waals surface area contributed by atoms with E-state index in [-0.39, 0.29) is 27.6 Å². The minimum atomic E-state index is -4.12. The van der Waals surface area contributed by atoms with Crippen molar-refractivity contribution in [3.63, 3.8) is 0 Å². The van der Waals surface area contributed by atoms with Crippen molar-refractivity contribution in [3.8, 4) is 5.75 Å². The van der Waals surface area contributed by atoms with E-state index in [0.29, 0.717) is 23.4 Å². The molecule has 0 spiro atoms. The van der Waals surface area contributed by atoms with Crippen molar-refractivity contribution in [2.24, 2.45) is 0 Å². The topological polar surface area (TPSA) is 65.4 Å². The molecule has 0 N–H and O–H groups in total. The summed E-state index contributed by atoms with van der Waals surface area (Å²) < 4.78 is 48.6. The lowest BCUT2D eigenvalue weighted by atomic mass is 10.0. The summed E-state index contributed by atoms with van der Waals surface area (Å²) in [6, 6.07) is 17.8. The summed E-state index contributed by atoms with van der Waals surface area (Å²) in [4.78, 5) is 13.1. The van der Waals surface area contributed by atoms with Crippen molar-refractivity contribution in [2.75, 3.05) is 6.61 Å². The van der Waals surface area contributed by atoms with Gasteiger partial charge >= 0.3 is 0 Å². The molecule has 0 saturated heterocycles. The van der Waals surface area contributed by atoms with E-state index in [1.807, 2.05) is 20.8 Å². The molecule has 34 heavy (non-hydrogen) atoms. The molecule has 4 rings (SSSR count). The number of hydrogen-bond acceptors (Lipinski definition) is 4. The predicted molar refractivity (Wildman–Crippen MR) is 131 cm³/mol. The third-order valence-corrected chi connectivity index (χ3v) is 7.54. The molecule has 0 bridgehead atoms. The number of benzene rings is 3. The number of sulfone groups is 1. The molecule has 7 heteroatoms. The highest BCUT2D eigenvalue weighted by Gasteiger charge is 2.24. The molecule has 0 aliphatic carbocycles. The lowest BCUT2D eigenvalue weighted by Crippen LogP contribution is -2.20. The Hall–Kier alpha value is -3.45. The van der Waals surface area contributed by atoms with Crippen LogP contribution in [0, 0.1) is 5.82 Å². The van der Waals surface area contributed by atoms with Gasteiger partial charge in [-0.15, -0.1) is 0 Å². The molecule has 0 radical (unpaired) electrons. The quantitative estimate of drug-likeness (QED) is 0.349. The minimum absolute atomic E-state index is 0.0340. The van der Waals surface area contributed by atoms with Gasteiger partial charge in [-0.2, -0.15) is 0 Å². The maximum absolute atomic E-state index is 14.4. The first-order chi connectivity index (χ1) is 16.2. The number of nitrogens with zero attached hydrogens (tertiary/aromatic N) is 1. The molecule has 0 saturated carbocycles. The van der Waals surface area contributed by atoms with E-state index in [9.17, 15) is 17.6 Å². The highest BCUT2D eigenvalue weighted by atomic mass is 32.2. The Morgan fingerprint density at radius 3 is 2.35 bits per heavy atom. The molecular formula is C27H26FNO4S. The van der Waals surface area contributed by atoms with Crippen molar-refractivity contribution in [3.05, 3.63) is 100 Å². The number of fused-ring (bicyclic) bond motifs is 1. The van der Waals surface area contributed by atoms with E-state index in [2.05, 4.69) is 0 Å². The van der Waals surface area contributed by atoms with Crippen LogP contribution in [0.2, 0.25) is 0 Å². The summed E-state index contributed by atoms with van der Waals surface area (Å²) in [5, 5.41) is 0.196. The maximum atomic E-state index is 14.4. The molecule has 1 aromatic heterocycles. The van der Waals surface area contributed by atoms with Gasteiger partial charge in [0.25, 0.3) is 0 Å². The Balaban J connectivity index is 1.94. The third-order valence-electron chi connectivity index (χ3n) is 5.78. The van der Waals surface area contributed by atoms with Gasteiger partial charge in [0.15, 0.2) is 0 Å². The van der Waals surface area contributed by atoms with Crippen LogP contribution in [0.1, 0.15) is 37.8 Å². The van der Waals surface area contributed by atoms with E-state index in [1.54, 1.807) is 53.1 Å². The number of ether oxygens (including phenoxy) is 1. The van der Waals surface area contributed by atoms with E-state index in [1.165, 1.54) is 24.4 Å². The van der Waals surface area contributed by atoms with Gasteiger partial charge in [0.1, 0.15) is 16.5 Å². The Morgan fingerprint density at radius 2 is 1.71 bits per heavy atom. The van der Waals surface area contributed by atoms with Crippen LogP contribution in [0.25, 0.3) is 10.9 Å². The van der Waals surface area contributed by atoms with Crippen LogP contribution in [0.15, 0.2) is 87.5 Å². The number of pyridine rings is 1. The number of halogens is 1. The second-order valence-electron chi connectivity index (χ2n) is 8.38. The first-order valence-electron chi connectivity index (χ1n) is 11.1. The summed E-state index contributed by atoms with van der Waals surface area (Å²) in [6.07, 6.45) is 1.31. The summed E-state index contributed by atoms with van der Waals surface area (Å²) in [7, 11) is -4.12. The Kier molecular flexibility index (Phi) is 6.57. The summed E-state index contributed by atoms with van der Waals surface area (Å²) in [5.74, 6) is 0.293. The molecule has 4 aromatic rings. The molecule has 0 atom stereocenters. The molecule has 0 amide bonds. The third kappa shape index (κ3) is 4.48. The first-order valence-corrected chi connectivity index (χ1v) is 12.6. The van der Waals surface area contributed by atoms with Crippen molar-refractivity contribution in [1.29, 1.82) is 0 Å². The molecular weight excluding hydrogens is 453 g/mol. The van der Waals surface area contributed by atoms with E-state index in [4.69, 9.17) is 4.74 Å². The van der Waals surface area contributed by atoms with Gasteiger partial charge in [-0.05, 0) is 54.8 Å². The molecule has 176 valence electrons. The van der Waals surface area contributed by atoms with Gasteiger partial charge in [0, 0.05) is 11.8 Å². The Bertz CT molecular complexity index is 1510. The number of rotatable bonds is 7. The van der Waals surface area contributed by atoms with Crippen LogP contribution in [0.5, 0.6) is 5.75 Å². The summed E-state index contributed by atoms with van der Waals surface area (Å²) >= 11 is 0. The highest BCUT2D eigenvalue weighted by Crippen LogP contribution is 2.26. The zero-order valence-corrected chi connectivity index (χ0v) is 20.1. The smallest absolute Gasteiger partial charge is 0.211 e. The van der Waals surface area contributed by atoms with Crippen LogP contribution in [-0.2, 0) is 16.4 Å². The lowest BCUT2D eigenvalue weighted by molar-refractivity contribution is 0.340. The molecule has 1 heterocycles. The fourth-order valence-electron chi connectivity index (χ4n) is 3.90. The second kappa shape index (κ2) is 9.43. The van der Waals surface area contributed by atoms with E-state index < -0.39 is 21.1 Å². The average Bonchev–Trinajstić information content (AvgIpc) is 2.82. The highest BCUT2D eigenvalue weighted by molar-refractivity contribution is 7.91. The van der Waals surface area contributed by atoms with Gasteiger partial charge in [-0.1, -0.05) is 44.2 Å². The van der Waals surface area contributed by atoms with Gasteiger partial charge in [0.2, 0.25) is 15.3 Å². The fourth-order valence-corrected chi connectivity index (χ4v) is 5.27. The predicted octanol–water partition coefficient (Wildman–Crippen LogP) is 5.54. The molecule has 3 aromatic carbocycles. The lowest BCUT2D eigenvalue weighted by Gasteiger charge is -2.16. The zero-order valence-electron chi connectivity index (χ0n) is 19.3. The maximum Gasteiger partial charge on any atom is 0.211 e. The minimum Gasteiger partial charge on any atom is -0.494 e. The van der Waals surface area contributed by atoms with Crippen LogP contribution < -0.4 is 10.2 Å². The van der Waals surface area contributed by atoms with Crippen LogP contribution >= 0.6 is 0 Å². The molecule has 5 nitrogen and oxygen atoms in total. The largest absolute Gasteiger partial charge is 0.494 e. The van der Waals surface area contributed by atoms with Gasteiger partial charge in [0.05, 0.1) is 29.0 Å².